The second-order valence-corrected chi connectivity index (χ2v) is 9.57. The van der Waals surface area contributed by atoms with E-state index in [1.54, 1.807) is 18.2 Å². The van der Waals surface area contributed by atoms with Gasteiger partial charge in [0, 0.05) is 6.07 Å². The lowest BCUT2D eigenvalue weighted by Gasteiger charge is -2.25. The quantitative estimate of drug-likeness (QED) is 0.172. The fourth-order valence-electron chi connectivity index (χ4n) is 3.37. The molecule has 1 fully saturated rings. The van der Waals surface area contributed by atoms with Gasteiger partial charge in [0.05, 0.1) is 13.7 Å². The molecule has 14 heteroatoms. The summed E-state index contributed by atoms with van der Waals surface area (Å²) in [6.45, 7) is 2.16. The van der Waals surface area contributed by atoms with E-state index in [1.807, 2.05) is 0 Å². The molecule has 186 valence electrons. The molecule has 1 aliphatic rings. The van der Waals surface area contributed by atoms with Crippen molar-refractivity contribution in [1.82, 2.24) is 10.1 Å². The second-order valence-electron chi connectivity index (χ2n) is 7.88. The van der Waals surface area contributed by atoms with Crippen molar-refractivity contribution in [2.24, 2.45) is 0 Å². The number of esters is 1. The van der Waals surface area contributed by atoms with E-state index in [1.165, 1.54) is 45.4 Å². The third kappa shape index (κ3) is 5.63. The number of para-hydroxylation sites is 1. The Labute approximate surface area is 195 Å². The lowest BCUT2D eigenvalue weighted by molar-refractivity contribution is -0.786. The predicted molar refractivity (Wildman–Crippen MR) is 117 cm³/mol. The smallest absolute Gasteiger partial charge is 0.468 e. The minimum absolute atomic E-state index is 0.101. The summed E-state index contributed by atoms with van der Waals surface area (Å²) in [7, 11) is -3.04. The van der Waals surface area contributed by atoms with Crippen molar-refractivity contribution in [3.8, 4) is 5.75 Å². The fraction of sp³-hybridized carbons (Fsp3) is 0.450. The molecule has 1 aromatic carbocycles. The molecule has 2 aromatic rings. The van der Waals surface area contributed by atoms with Gasteiger partial charge in [-0.2, -0.15) is 19.4 Å². The zero-order valence-corrected chi connectivity index (χ0v) is 19.7. The molecule has 0 bridgehead atoms. The Bertz CT molecular complexity index is 1110. The van der Waals surface area contributed by atoms with Crippen molar-refractivity contribution in [1.29, 1.82) is 0 Å². The lowest BCUT2D eigenvalue weighted by atomic mass is 9.96. The number of hydrogen-bond acceptors (Lipinski definition) is 10. The molecule has 6 atom stereocenters. The van der Waals surface area contributed by atoms with Crippen LogP contribution in [0.3, 0.4) is 0 Å². The summed E-state index contributed by atoms with van der Waals surface area (Å²) in [5.41, 5.74) is 2.96. The van der Waals surface area contributed by atoms with E-state index in [9.17, 15) is 24.4 Å². The van der Waals surface area contributed by atoms with Crippen LogP contribution in [-0.4, -0.2) is 58.7 Å². The Balaban J connectivity index is 1.80. The van der Waals surface area contributed by atoms with E-state index in [4.69, 9.17) is 19.5 Å². The van der Waals surface area contributed by atoms with Crippen LogP contribution in [0.4, 0.5) is 5.82 Å². The molecule has 0 amide bonds. The average Bonchev–Trinajstić information content (AvgIpc) is 3.01. The summed E-state index contributed by atoms with van der Waals surface area (Å²) in [5, 5.41) is 24.0. The third-order valence-electron chi connectivity index (χ3n) is 5.19. The van der Waals surface area contributed by atoms with E-state index < -0.39 is 56.1 Å². The number of nitrogens with one attached hydrogen (secondary N) is 2. The van der Waals surface area contributed by atoms with E-state index in [0.29, 0.717) is 0 Å². The van der Waals surface area contributed by atoms with E-state index >= 15 is 0 Å². The number of anilines is 1. The highest BCUT2D eigenvalue weighted by Crippen LogP contribution is 2.46. The van der Waals surface area contributed by atoms with Crippen LogP contribution in [0.15, 0.2) is 47.4 Å². The summed E-state index contributed by atoms with van der Waals surface area (Å²) >= 11 is 0. The molecule has 0 unspecified atom stereocenters. The number of methoxy groups -OCH3 is 1. The number of H-pyrrole nitrogens is 1. The molecule has 3 rings (SSSR count). The molecule has 1 aliphatic heterocycles. The largest absolute Gasteiger partial charge is 0.499 e. The summed E-state index contributed by atoms with van der Waals surface area (Å²) in [4.78, 5) is 26.5. The zero-order valence-electron chi connectivity index (χ0n) is 18.8. The number of ether oxygens (including phenoxy) is 2. The highest BCUT2D eigenvalue weighted by molar-refractivity contribution is 7.52. The first-order valence-electron chi connectivity index (χ1n) is 10.3. The van der Waals surface area contributed by atoms with Crippen molar-refractivity contribution >= 4 is 19.5 Å². The van der Waals surface area contributed by atoms with Crippen LogP contribution in [0.2, 0.25) is 0 Å². The third-order valence-corrected chi connectivity index (χ3v) is 6.84. The van der Waals surface area contributed by atoms with Crippen molar-refractivity contribution in [3.63, 3.8) is 0 Å². The molecule has 34 heavy (non-hydrogen) atoms. The molecule has 0 saturated carbocycles. The summed E-state index contributed by atoms with van der Waals surface area (Å²) in [6, 6.07) is 8.42. The molecule has 1 aromatic heterocycles. The Morgan fingerprint density at radius 3 is 2.68 bits per heavy atom. The first kappa shape index (κ1) is 25.8. The molecule has 13 nitrogen and oxygen atoms in total. The SMILES string of the molecule is COC(=O)[C@H](C)N[P@@](=O)(OC[C@H]1O[C@@H]([n+]2ccc(N)[nH]c2=O)[C@](C)(O)[C@@H]1O)Oc1ccccc1. The average molecular weight is 499 g/mol. The first-order chi connectivity index (χ1) is 16.0. The fourth-order valence-corrected chi connectivity index (χ4v) is 4.87. The van der Waals surface area contributed by atoms with E-state index in [-0.39, 0.29) is 11.6 Å². The predicted octanol–water partition coefficient (Wildman–Crippen LogP) is -0.391. The van der Waals surface area contributed by atoms with Crippen molar-refractivity contribution < 1.29 is 42.7 Å². The molecule has 1 saturated heterocycles. The standard InChI is InChI=1S/C20H27N4O9P/c1-12(17(26)30-3)23-34(29,33-13-7-5-4-6-8-13)31-11-14-16(25)20(2,28)18(32-14)24-10-9-15(21)22-19(24)27/h4-10,12,14,16,18,25,28H,11H2,1-3H3,(H3,21,22,23,27,29)/p+1/t12-,14+,16+,18+,20+,34+/m0/s1. The minimum atomic E-state index is -4.21. The van der Waals surface area contributed by atoms with Gasteiger partial charge >= 0.3 is 19.4 Å². The van der Waals surface area contributed by atoms with Crippen LogP contribution in [0.1, 0.15) is 20.1 Å². The van der Waals surface area contributed by atoms with Crippen molar-refractivity contribution in [2.75, 3.05) is 19.5 Å². The van der Waals surface area contributed by atoms with E-state index in [0.717, 1.165) is 4.57 Å². The van der Waals surface area contributed by atoms with Gasteiger partial charge in [0.1, 0.15) is 30.2 Å². The Morgan fingerprint density at radius 1 is 1.38 bits per heavy atom. The molecule has 2 heterocycles. The van der Waals surface area contributed by atoms with Gasteiger partial charge in [-0.1, -0.05) is 18.2 Å². The number of nitrogen functional groups attached to an aromatic ring is 1. The molecule has 0 spiro atoms. The molecular weight excluding hydrogens is 471 g/mol. The van der Waals surface area contributed by atoms with Gasteiger partial charge in [-0.3, -0.25) is 9.32 Å². The monoisotopic (exact) mass is 499 g/mol. The van der Waals surface area contributed by atoms with Gasteiger partial charge in [0.15, 0.2) is 11.4 Å². The van der Waals surface area contributed by atoms with Crippen LogP contribution in [0, 0.1) is 0 Å². The summed E-state index contributed by atoms with van der Waals surface area (Å²) < 4.78 is 35.8. The van der Waals surface area contributed by atoms with Gasteiger partial charge < -0.3 is 29.9 Å². The van der Waals surface area contributed by atoms with E-state index in [2.05, 4.69) is 14.8 Å². The van der Waals surface area contributed by atoms with Crippen molar-refractivity contribution in [3.05, 3.63) is 53.1 Å². The number of aromatic amines is 1. The summed E-state index contributed by atoms with van der Waals surface area (Å²) in [5.74, 6) is -0.416. The van der Waals surface area contributed by atoms with Gasteiger partial charge in [0.2, 0.25) is 6.23 Å². The molecule has 0 aliphatic carbocycles. The van der Waals surface area contributed by atoms with Crippen LogP contribution in [-0.2, 0) is 23.4 Å². The number of aromatic nitrogens is 2. The Kier molecular flexibility index (Phi) is 7.76. The maximum atomic E-state index is 13.4. The van der Waals surface area contributed by atoms with Crippen LogP contribution < -0.4 is 25.6 Å². The second kappa shape index (κ2) is 10.2. The van der Waals surface area contributed by atoms with Crippen LogP contribution >= 0.6 is 7.75 Å². The van der Waals surface area contributed by atoms with Crippen LogP contribution in [0.5, 0.6) is 5.75 Å². The number of aliphatic hydroxyl groups excluding tert-OH is 1. The topological polar surface area (TPSA) is 186 Å². The molecular formula is C20H28N4O9P+. The maximum absolute atomic E-state index is 13.4. The Morgan fingerprint density at radius 2 is 2.06 bits per heavy atom. The number of benzene rings is 1. The highest BCUT2D eigenvalue weighted by Gasteiger charge is 2.56. The first-order valence-corrected chi connectivity index (χ1v) is 11.8. The minimum Gasteiger partial charge on any atom is -0.468 e. The van der Waals surface area contributed by atoms with Gasteiger partial charge in [0.25, 0.3) is 0 Å². The van der Waals surface area contributed by atoms with Gasteiger partial charge in [-0.05, 0) is 26.0 Å². The van der Waals surface area contributed by atoms with Crippen molar-refractivity contribution in [2.45, 2.75) is 43.9 Å². The normalized spacial score (nSPS) is 27.0. The number of hydrogen-bond donors (Lipinski definition) is 5. The number of rotatable bonds is 9. The highest BCUT2D eigenvalue weighted by atomic mass is 31.2. The van der Waals surface area contributed by atoms with Gasteiger partial charge in [-0.15, -0.1) is 0 Å². The number of nitrogens with two attached hydrogens (primary N) is 1. The molecule has 0 radical (unpaired) electrons. The maximum Gasteiger partial charge on any atom is 0.499 e. The number of carbonyl (C=O) groups is 1. The summed E-state index contributed by atoms with van der Waals surface area (Å²) in [6.07, 6.45) is -2.76. The Hall–Kier alpha value is -2.80. The number of carbonyl (C=O) groups excluding carboxylic acids is 1. The zero-order chi connectivity index (χ0) is 25.1. The lowest BCUT2D eigenvalue weighted by Crippen LogP contribution is -2.61. The number of nitrogens with zero attached hydrogens (tertiary/aromatic N) is 1. The van der Waals surface area contributed by atoms with Crippen LogP contribution in [0.25, 0.3) is 0 Å². The van der Waals surface area contributed by atoms with Gasteiger partial charge in [-0.25, -0.2) is 4.57 Å². The molecule has 6 N–H and O–H groups in total. The number of aliphatic hydroxyl groups is 2.